The number of H-pyrrole nitrogens is 1. The third-order valence-electron chi connectivity index (χ3n) is 3.36. The average molecular weight is 243 g/mol. The summed E-state index contributed by atoms with van der Waals surface area (Å²) in [7, 11) is -3.35. The van der Waals surface area contributed by atoms with Crippen LogP contribution in [0.5, 0.6) is 0 Å². The molecule has 0 bridgehead atoms. The number of nitrogens with one attached hydrogen (secondary N) is 1. The maximum Gasteiger partial charge on any atom is 0.246 e. The van der Waals surface area contributed by atoms with Crippen molar-refractivity contribution in [2.24, 2.45) is 11.8 Å². The molecule has 0 aromatic carbocycles. The molecule has 0 aliphatic carbocycles. The van der Waals surface area contributed by atoms with Crippen LogP contribution in [0.2, 0.25) is 0 Å². The molecule has 1 saturated heterocycles. The fourth-order valence-electron chi connectivity index (χ4n) is 2.01. The molecule has 2 heterocycles. The van der Waals surface area contributed by atoms with Gasteiger partial charge in [-0.1, -0.05) is 13.8 Å². The van der Waals surface area contributed by atoms with E-state index >= 15 is 0 Å². The highest BCUT2D eigenvalue weighted by molar-refractivity contribution is 7.89. The van der Waals surface area contributed by atoms with E-state index in [1.165, 1.54) is 6.20 Å². The lowest BCUT2D eigenvalue weighted by Crippen LogP contribution is -2.29. The zero-order chi connectivity index (χ0) is 11.9. The van der Waals surface area contributed by atoms with Crippen molar-refractivity contribution >= 4 is 10.0 Å². The van der Waals surface area contributed by atoms with Gasteiger partial charge in [0.2, 0.25) is 10.0 Å². The lowest BCUT2D eigenvalue weighted by atomic mass is 10.0. The third-order valence-corrected chi connectivity index (χ3v) is 5.30. The molecular formula is C10H17N3O2S. The van der Waals surface area contributed by atoms with Gasteiger partial charge in [-0.05, 0) is 18.8 Å². The molecule has 0 saturated carbocycles. The van der Waals surface area contributed by atoms with Gasteiger partial charge in [-0.25, -0.2) is 8.42 Å². The quantitative estimate of drug-likeness (QED) is 0.842. The fourth-order valence-corrected chi connectivity index (χ4v) is 3.77. The van der Waals surface area contributed by atoms with Crippen molar-refractivity contribution in [3.63, 3.8) is 0 Å². The van der Waals surface area contributed by atoms with E-state index in [1.54, 1.807) is 11.2 Å². The molecule has 1 aromatic rings. The molecule has 5 nitrogen and oxygen atoms in total. The molecule has 1 N–H and O–H groups in total. The number of nitrogens with zero attached hydrogens (tertiary/aromatic N) is 2. The van der Waals surface area contributed by atoms with Gasteiger partial charge in [0.25, 0.3) is 0 Å². The smallest absolute Gasteiger partial charge is 0.246 e. The first-order chi connectivity index (χ1) is 7.43. The summed E-state index contributed by atoms with van der Waals surface area (Å²) >= 11 is 0. The van der Waals surface area contributed by atoms with E-state index in [2.05, 4.69) is 24.0 Å². The number of aryl methyl sites for hydroxylation is 1. The van der Waals surface area contributed by atoms with Crippen molar-refractivity contribution in [1.82, 2.24) is 14.5 Å². The van der Waals surface area contributed by atoms with E-state index in [-0.39, 0.29) is 0 Å². The van der Waals surface area contributed by atoms with Crippen LogP contribution in [0.15, 0.2) is 11.1 Å². The monoisotopic (exact) mass is 243 g/mol. The summed E-state index contributed by atoms with van der Waals surface area (Å²) in [5.41, 5.74) is 0.604. The lowest BCUT2D eigenvalue weighted by Gasteiger charge is -2.15. The normalized spacial score (nSPS) is 27.4. The topological polar surface area (TPSA) is 66.1 Å². The SMILES string of the molecule is Cc1[nH]ncc1S(=O)(=O)N1CC(C)C(C)C1. The first kappa shape index (κ1) is 11.6. The van der Waals surface area contributed by atoms with Gasteiger partial charge in [0.15, 0.2) is 0 Å². The number of hydrogen-bond donors (Lipinski definition) is 1. The molecule has 1 aliphatic heterocycles. The first-order valence-electron chi connectivity index (χ1n) is 5.43. The molecule has 16 heavy (non-hydrogen) atoms. The number of rotatable bonds is 2. The Kier molecular flexibility index (Phi) is 2.79. The lowest BCUT2D eigenvalue weighted by molar-refractivity contribution is 0.463. The molecule has 1 aromatic heterocycles. The van der Waals surface area contributed by atoms with E-state index < -0.39 is 10.0 Å². The second kappa shape index (κ2) is 3.85. The highest BCUT2D eigenvalue weighted by Gasteiger charge is 2.36. The van der Waals surface area contributed by atoms with E-state index in [9.17, 15) is 8.42 Å². The van der Waals surface area contributed by atoms with Gasteiger partial charge >= 0.3 is 0 Å². The predicted molar refractivity (Wildman–Crippen MR) is 60.4 cm³/mol. The van der Waals surface area contributed by atoms with Gasteiger partial charge in [-0.2, -0.15) is 9.40 Å². The summed E-state index contributed by atoms with van der Waals surface area (Å²) in [5.74, 6) is 0.837. The highest BCUT2D eigenvalue weighted by atomic mass is 32.2. The van der Waals surface area contributed by atoms with E-state index in [0.29, 0.717) is 35.5 Å². The van der Waals surface area contributed by atoms with E-state index in [0.717, 1.165) is 0 Å². The Morgan fingerprint density at radius 1 is 1.38 bits per heavy atom. The van der Waals surface area contributed by atoms with Crippen molar-refractivity contribution in [3.8, 4) is 0 Å². The van der Waals surface area contributed by atoms with E-state index in [1.807, 2.05) is 0 Å². The van der Waals surface area contributed by atoms with Crippen LogP contribution in [0.3, 0.4) is 0 Å². The molecular weight excluding hydrogens is 226 g/mol. The maximum atomic E-state index is 12.3. The summed E-state index contributed by atoms with van der Waals surface area (Å²) in [5, 5.41) is 6.43. The van der Waals surface area contributed by atoms with Crippen molar-refractivity contribution in [2.75, 3.05) is 13.1 Å². The zero-order valence-electron chi connectivity index (χ0n) is 9.77. The van der Waals surface area contributed by atoms with Crippen LogP contribution < -0.4 is 0 Å². The molecule has 2 unspecified atom stereocenters. The minimum absolute atomic E-state index is 0.300. The van der Waals surface area contributed by atoms with E-state index in [4.69, 9.17) is 0 Å². The molecule has 0 amide bonds. The fraction of sp³-hybridized carbons (Fsp3) is 0.700. The van der Waals surface area contributed by atoms with Crippen LogP contribution in [0.1, 0.15) is 19.5 Å². The second-order valence-electron chi connectivity index (χ2n) is 4.64. The minimum atomic E-state index is -3.35. The van der Waals surface area contributed by atoms with Crippen molar-refractivity contribution in [1.29, 1.82) is 0 Å². The van der Waals surface area contributed by atoms with Gasteiger partial charge in [-0.15, -0.1) is 0 Å². The van der Waals surface area contributed by atoms with Gasteiger partial charge in [0.1, 0.15) is 4.90 Å². The maximum absolute atomic E-state index is 12.3. The molecule has 1 fully saturated rings. The number of aromatic amines is 1. The summed E-state index contributed by atoms with van der Waals surface area (Å²) in [6, 6.07) is 0. The molecule has 90 valence electrons. The summed E-state index contributed by atoms with van der Waals surface area (Å²) < 4.78 is 26.1. The van der Waals surface area contributed by atoms with Gasteiger partial charge in [0, 0.05) is 13.1 Å². The van der Waals surface area contributed by atoms with Crippen LogP contribution in [0, 0.1) is 18.8 Å². The van der Waals surface area contributed by atoms with Gasteiger partial charge < -0.3 is 0 Å². The Hall–Kier alpha value is -0.880. The summed E-state index contributed by atoms with van der Waals surface area (Å²) in [6.45, 7) is 7.11. The Bertz CT molecular complexity index is 470. The van der Waals surface area contributed by atoms with Crippen LogP contribution in [-0.2, 0) is 10.0 Å². The van der Waals surface area contributed by atoms with Crippen LogP contribution in [0.25, 0.3) is 0 Å². The second-order valence-corrected chi connectivity index (χ2v) is 6.54. The zero-order valence-corrected chi connectivity index (χ0v) is 10.6. The summed E-state index contributed by atoms with van der Waals surface area (Å²) in [6.07, 6.45) is 1.39. The molecule has 0 spiro atoms. The van der Waals surface area contributed by atoms with Gasteiger partial charge in [-0.3, -0.25) is 5.10 Å². The van der Waals surface area contributed by atoms with Crippen molar-refractivity contribution in [2.45, 2.75) is 25.7 Å². The van der Waals surface area contributed by atoms with Crippen molar-refractivity contribution < 1.29 is 8.42 Å². The minimum Gasteiger partial charge on any atom is -0.281 e. The number of hydrogen-bond acceptors (Lipinski definition) is 3. The Labute approximate surface area is 95.9 Å². The largest absolute Gasteiger partial charge is 0.281 e. The van der Waals surface area contributed by atoms with Crippen molar-refractivity contribution in [3.05, 3.63) is 11.9 Å². The first-order valence-corrected chi connectivity index (χ1v) is 6.87. The average Bonchev–Trinajstić information content (AvgIpc) is 2.75. The van der Waals surface area contributed by atoms with Crippen LogP contribution in [-0.4, -0.2) is 36.0 Å². The third kappa shape index (κ3) is 1.76. The number of sulfonamides is 1. The predicted octanol–water partition coefficient (Wildman–Crippen LogP) is 0.995. The Morgan fingerprint density at radius 3 is 2.38 bits per heavy atom. The number of aromatic nitrogens is 2. The van der Waals surface area contributed by atoms with Crippen LogP contribution >= 0.6 is 0 Å². The van der Waals surface area contributed by atoms with Gasteiger partial charge in [0.05, 0.1) is 11.9 Å². The summed E-state index contributed by atoms with van der Waals surface area (Å²) in [4.78, 5) is 0.300. The Morgan fingerprint density at radius 2 is 1.94 bits per heavy atom. The van der Waals surface area contributed by atoms with Crippen LogP contribution in [0.4, 0.5) is 0 Å². The Balaban J connectivity index is 2.31. The highest BCUT2D eigenvalue weighted by Crippen LogP contribution is 2.28. The molecule has 2 atom stereocenters. The molecule has 0 radical (unpaired) electrons. The standard InChI is InChI=1S/C10H17N3O2S/c1-7-5-13(6-8(7)2)16(14,15)10-4-11-12-9(10)3/h4,7-8H,5-6H2,1-3H3,(H,11,12). The molecule has 6 heteroatoms. The molecule has 2 rings (SSSR count). The molecule has 1 aliphatic rings.